The molecule has 18 heavy (non-hydrogen) atoms. The summed E-state index contributed by atoms with van der Waals surface area (Å²) in [5, 5.41) is 0. The van der Waals surface area contributed by atoms with Gasteiger partial charge in [0.1, 0.15) is 0 Å². The molecule has 0 aromatic heterocycles. The highest BCUT2D eigenvalue weighted by molar-refractivity contribution is 5.05. The van der Waals surface area contributed by atoms with E-state index in [-0.39, 0.29) is 0 Å². The molecule has 0 aromatic rings. The third-order valence-electron chi connectivity index (χ3n) is 2.88. The average Bonchev–Trinajstić information content (AvgIpc) is 2.29. The van der Waals surface area contributed by atoms with Crippen molar-refractivity contribution in [2.45, 2.75) is 60.3 Å². The standard InChI is InChI=1S/C17H30O/c1-6-18-14-13-17(5)12-8-11-16(4)10-7-9-15(2)3/h9,11,13H,6-8,10,12,14H2,1-5H3/b16-11+,17-13+. The van der Waals surface area contributed by atoms with E-state index >= 15 is 0 Å². The Labute approximate surface area is 114 Å². The quantitative estimate of drug-likeness (QED) is 0.391. The maximum atomic E-state index is 5.31. The Morgan fingerprint density at radius 1 is 0.833 bits per heavy atom. The molecule has 0 heterocycles. The molecule has 0 saturated carbocycles. The lowest BCUT2D eigenvalue weighted by Gasteiger charge is -2.02. The van der Waals surface area contributed by atoms with E-state index < -0.39 is 0 Å². The van der Waals surface area contributed by atoms with Gasteiger partial charge in [0.15, 0.2) is 0 Å². The zero-order valence-corrected chi connectivity index (χ0v) is 12.9. The zero-order valence-electron chi connectivity index (χ0n) is 12.9. The van der Waals surface area contributed by atoms with Crippen molar-refractivity contribution in [3.63, 3.8) is 0 Å². The van der Waals surface area contributed by atoms with Crippen LogP contribution in [0, 0.1) is 0 Å². The molecule has 1 heteroatoms. The summed E-state index contributed by atoms with van der Waals surface area (Å²) in [6.07, 6.45) is 11.5. The Morgan fingerprint density at radius 2 is 1.39 bits per heavy atom. The van der Waals surface area contributed by atoms with E-state index in [1.807, 2.05) is 6.92 Å². The van der Waals surface area contributed by atoms with Crippen molar-refractivity contribution in [3.8, 4) is 0 Å². The van der Waals surface area contributed by atoms with Gasteiger partial charge >= 0.3 is 0 Å². The molecule has 0 saturated heterocycles. The smallest absolute Gasteiger partial charge is 0.0649 e. The van der Waals surface area contributed by atoms with E-state index in [9.17, 15) is 0 Å². The lowest BCUT2D eigenvalue weighted by Crippen LogP contribution is -1.90. The van der Waals surface area contributed by atoms with E-state index in [4.69, 9.17) is 4.74 Å². The second-order valence-electron chi connectivity index (χ2n) is 5.12. The zero-order chi connectivity index (χ0) is 13.8. The van der Waals surface area contributed by atoms with Crippen LogP contribution < -0.4 is 0 Å². The highest BCUT2D eigenvalue weighted by atomic mass is 16.5. The summed E-state index contributed by atoms with van der Waals surface area (Å²) in [5.74, 6) is 0. The van der Waals surface area contributed by atoms with Crippen molar-refractivity contribution in [1.82, 2.24) is 0 Å². The second kappa shape index (κ2) is 11.3. The minimum atomic E-state index is 0.756. The normalized spacial score (nSPS) is 12.7. The van der Waals surface area contributed by atoms with Crippen LogP contribution in [0.1, 0.15) is 60.3 Å². The first-order valence-corrected chi connectivity index (χ1v) is 7.08. The molecule has 0 unspecified atom stereocenters. The fraction of sp³-hybridized carbons (Fsp3) is 0.647. The third kappa shape index (κ3) is 11.7. The Kier molecular flexibility index (Phi) is 10.8. The summed E-state index contributed by atoms with van der Waals surface area (Å²) in [5.41, 5.74) is 4.35. The molecule has 0 aliphatic rings. The van der Waals surface area contributed by atoms with Crippen molar-refractivity contribution in [1.29, 1.82) is 0 Å². The maximum absolute atomic E-state index is 5.31. The largest absolute Gasteiger partial charge is 0.378 e. The summed E-state index contributed by atoms with van der Waals surface area (Å²) < 4.78 is 5.31. The molecule has 0 aromatic carbocycles. The van der Waals surface area contributed by atoms with Crippen molar-refractivity contribution < 1.29 is 4.74 Å². The van der Waals surface area contributed by atoms with Crippen LogP contribution in [0.4, 0.5) is 0 Å². The van der Waals surface area contributed by atoms with Gasteiger partial charge in [-0.1, -0.05) is 34.9 Å². The number of hydrogen-bond acceptors (Lipinski definition) is 1. The molecule has 0 spiro atoms. The number of hydrogen-bond donors (Lipinski definition) is 0. The molecule has 104 valence electrons. The first-order chi connectivity index (χ1) is 8.56. The van der Waals surface area contributed by atoms with Gasteiger partial charge in [-0.05, 0) is 60.3 Å². The van der Waals surface area contributed by atoms with Crippen LogP contribution in [0.25, 0.3) is 0 Å². The second-order valence-corrected chi connectivity index (χ2v) is 5.12. The molecule has 0 fully saturated rings. The van der Waals surface area contributed by atoms with Gasteiger partial charge in [-0.25, -0.2) is 0 Å². The van der Waals surface area contributed by atoms with Crippen LogP contribution in [0.5, 0.6) is 0 Å². The molecule has 0 N–H and O–H groups in total. The van der Waals surface area contributed by atoms with Crippen molar-refractivity contribution in [2.75, 3.05) is 13.2 Å². The number of ether oxygens (including phenoxy) is 1. The Morgan fingerprint density at radius 3 is 1.94 bits per heavy atom. The first-order valence-electron chi connectivity index (χ1n) is 7.08. The van der Waals surface area contributed by atoms with Crippen molar-refractivity contribution in [3.05, 3.63) is 34.9 Å². The molecule has 1 nitrogen and oxygen atoms in total. The van der Waals surface area contributed by atoms with Gasteiger partial charge in [-0.2, -0.15) is 0 Å². The molecular formula is C17H30O. The van der Waals surface area contributed by atoms with E-state index in [2.05, 4.69) is 45.9 Å². The Balaban J connectivity index is 3.79. The average molecular weight is 250 g/mol. The molecular weight excluding hydrogens is 220 g/mol. The lowest BCUT2D eigenvalue weighted by molar-refractivity contribution is 0.177. The van der Waals surface area contributed by atoms with Crippen LogP contribution in [0.3, 0.4) is 0 Å². The molecule has 0 bridgehead atoms. The molecule has 0 amide bonds. The predicted molar refractivity (Wildman–Crippen MR) is 81.9 cm³/mol. The summed E-state index contributed by atoms with van der Waals surface area (Å²) in [7, 11) is 0. The SMILES string of the molecule is CCOC/C=C(\C)CC/C=C(\C)CCC=C(C)C. The fourth-order valence-corrected chi connectivity index (χ4v) is 1.66. The minimum Gasteiger partial charge on any atom is -0.378 e. The summed E-state index contributed by atoms with van der Waals surface area (Å²) in [6, 6.07) is 0. The molecule has 0 rings (SSSR count). The maximum Gasteiger partial charge on any atom is 0.0649 e. The fourth-order valence-electron chi connectivity index (χ4n) is 1.66. The van der Waals surface area contributed by atoms with Gasteiger partial charge in [0, 0.05) is 6.61 Å². The number of rotatable bonds is 9. The molecule has 0 aliphatic heterocycles. The Bertz CT molecular complexity index is 291. The number of allylic oxidation sites excluding steroid dienone is 5. The Hall–Kier alpha value is -0.820. The van der Waals surface area contributed by atoms with Gasteiger partial charge in [0.25, 0.3) is 0 Å². The third-order valence-corrected chi connectivity index (χ3v) is 2.88. The van der Waals surface area contributed by atoms with Crippen LogP contribution in [0.2, 0.25) is 0 Å². The van der Waals surface area contributed by atoms with Crippen LogP contribution in [-0.4, -0.2) is 13.2 Å². The van der Waals surface area contributed by atoms with Crippen LogP contribution >= 0.6 is 0 Å². The molecule has 0 radical (unpaired) electrons. The summed E-state index contributed by atoms with van der Waals surface area (Å²) >= 11 is 0. The van der Waals surface area contributed by atoms with Crippen molar-refractivity contribution in [2.24, 2.45) is 0 Å². The van der Waals surface area contributed by atoms with E-state index in [1.54, 1.807) is 0 Å². The van der Waals surface area contributed by atoms with Crippen molar-refractivity contribution >= 4 is 0 Å². The van der Waals surface area contributed by atoms with Crippen LogP contribution in [-0.2, 0) is 4.74 Å². The molecule has 0 aliphatic carbocycles. The van der Waals surface area contributed by atoms with Crippen LogP contribution in [0.15, 0.2) is 34.9 Å². The highest BCUT2D eigenvalue weighted by Gasteiger charge is 1.91. The summed E-state index contributed by atoms with van der Waals surface area (Å²) in [4.78, 5) is 0. The molecule has 0 atom stereocenters. The predicted octanol–water partition coefficient (Wildman–Crippen LogP) is 5.44. The van der Waals surface area contributed by atoms with Gasteiger partial charge in [-0.3, -0.25) is 0 Å². The van der Waals surface area contributed by atoms with Gasteiger partial charge in [-0.15, -0.1) is 0 Å². The monoisotopic (exact) mass is 250 g/mol. The first kappa shape index (κ1) is 17.2. The van der Waals surface area contributed by atoms with E-state index in [0.29, 0.717) is 0 Å². The van der Waals surface area contributed by atoms with E-state index in [1.165, 1.54) is 29.6 Å². The topological polar surface area (TPSA) is 9.23 Å². The van der Waals surface area contributed by atoms with Gasteiger partial charge in [0.2, 0.25) is 0 Å². The lowest BCUT2D eigenvalue weighted by atomic mass is 10.1. The highest BCUT2D eigenvalue weighted by Crippen LogP contribution is 2.11. The summed E-state index contributed by atoms with van der Waals surface area (Å²) in [6.45, 7) is 12.3. The van der Waals surface area contributed by atoms with Gasteiger partial charge in [0.05, 0.1) is 6.61 Å². The minimum absolute atomic E-state index is 0.756. The van der Waals surface area contributed by atoms with E-state index in [0.717, 1.165) is 26.1 Å². The van der Waals surface area contributed by atoms with Gasteiger partial charge < -0.3 is 4.74 Å².